The molecule has 0 aromatic rings. The first-order valence-corrected chi connectivity index (χ1v) is 6.36. The number of allylic oxidation sites excluding steroid dienone is 1. The van der Waals surface area contributed by atoms with Gasteiger partial charge in [-0.1, -0.05) is 13.2 Å². The van der Waals surface area contributed by atoms with Crippen molar-refractivity contribution in [3.8, 4) is 0 Å². The summed E-state index contributed by atoms with van der Waals surface area (Å²) in [6.07, 6.45) is 1.25. The molecule has 0 rings (SSSR count). The molecule has 0 saturated carbocycles. The molecule has 0 aromatic carbocycles. The van der Waals surface area contributed by atoms with Crippen LogP contribution in [-0.2, 0) is 14.4 Å². The normalized spacial score (nSPS) is 15.4. The molecule has 1 unspecified atom stereocenters. The van der Waals surface area contributed by atoms with Crippen LogP contribution >= 0.6 is 0 Å². The first-order chi connectivity index (χ1) is 9.89. The third-order valence-corrected chi connectivity index (χ3v) is 3.15. The molecule has 6 heteroatoms. The lowest BCUT2D eigenvalue weighted by Crippen LogP contribution is -2.46. The summed E-state index contributed by atoms with van der Waals surface area (Å²) in [4.78, 5) is 35.3. The summed E-state index contributed by atoms with van der Waals surface area (Å²) in [5.41, 5.74) is -3.71. The lowest BCUT2D eigenvalue weighted by atomic mass is 9.86. The van der Waals surface area contributed by atoms with Crippen molar-refractivity contribution in [1.82, 2.24) is 0 Å². The Bertz CT molecular complexity index is 617. The average Bonchev–Trinajstić information content (AvgIpc) is 2.48. The van der Waals surface area contributed by atoms with Crippen molar-refractivity contribution in [2.24, 2.45) is 0 Å². The lowest BCUT2D eigenvalue weighted by molar-refractivity contribution is -0.144. The van der Waals surface area contributed by atoms with E-state index in [0.29, 0.717) is 0 Å². The molecule has 0 aromatic heterocycles. The van der Waals surface area contributed by atoms with E-state index in [1.807, 2.05) is 0 Å². The highest BCUT2D eigenvalue weighted by molar-refractivity contribution is 6.30. The Labute approximate surface area is 128 Å². The van der Waals surface area contributed by atoms with E-state index in [2.05, 4.69) is 13.2 Å². The minimum atomic E-state index is -2.56. The molecule has 0 aliphatic rings. The van der Waals surface area contributed by atoms with Crippen LogP contribution in [0.4, 0.5) is 0 Å². The molecule has 0 aliphatic heterocycles. The van der Waals surface area contributed by atoms with Gasteiger partial charge in [0, 0.05) is 5.57 Å². The van der Waals surface area contributed by atoms with Crippen molar-refractivity contribution >= 4 is 17.3 Å². The van der Waals surface area contributed by atoms with Crippen molar-refractivity contribution in [2.75, 3.05) is 0 Å². The van der Waals surface area contributed by atoms with Crippen LogP contribution in [0.1, 0.15) is 27.7 Å². The number of hydrogen-bond acceptors (Lipinski definition) is 6. The smallest absolute Gasteiger partial charge is 0.205 e. The SMILES string of the molecule is C=C(C(C)=O)C(=O)C(C)(O)C(=O)C(C)=C(O)C(=C)/C(O)=C\C. The first kappa shape index (κ1) is 19.5. The monoisotopic (exact) mass is 308 g/mol. The zero-order valence-electron chi connectivity index (χ0n) is 13.1. The summed E-state index contributed by atoms with van der Waals surface area (Å²) in [6.45, 7) is 11.3. The highest BCUT2D eigenvalue weighted by Gasteiger charge is 2.42. The molecule has 0 saturated heterocycles. The number of carbonyl (C=O) groups is 3. The highest BCUT2D eigenvalue weighted by atomic mass is 16.3. The van der Waals surface area contributed by atoms with E-state index in [4.69, 9.17) is 0 Å². The third-order valence-electron chi connectivity index (χ3n) is 3.15. The summed E-state index contributed by atoms with van der Waals surface area (Å²) in [7, 11) is 0. The van der Waals surface area contributed by atoms with E-state index < -0.39 is 34.3 Å². The number of rotatable bonds is 7. The predicted molar refractivity (Wildman–Crippen MR) is 81.3 cm³/mol. The maximum Gasteiger partial charge on any atom is 0.205 e. The van der Waals surface area contributed by atoms with Crippen LogP contribution in [0.15, 0.2) is 47.5 Å². The van der Waals surface area contributed by atoms with E-state index >= 15 is 0 Å². The summed E-state index contributed by atoms with van der Waals surface area (Å²) in [5.74, 6) is -3.98. The van der Waals surface area contributed by atoms with Gasteiger partial charge in [0.25, 0.3) is 0 Å². The number of ketones is 3. The van der Waals surface area contributed by atoms with Gasteiger partial charge in [-0.15, -0.1) is 0 Å². The second-order valence-corrected chi connectivity index (χ2v) is 4.89. The molecule has 3 N–H and O–H groups in total. The molecular formula is C16H20O6. The van der Waals surface area contributed by atoms with Gasteiger partial charge in [0.1, 0.15) is 11.5 Å². The molecule has 0 heterocycles. The maximum absolute atomic E-state index is 12.2. The molecule has 0 amide bonds. The molecule has 0 fully saturated rings. The van der Waals surface area contributed by atoms with E-state index in [1.165, 1.54) is 13.0 Å². The zero-order chi connectivity index (χ0) is 17.8. The van der Waals surface area contributed by atoms with Crippen molar-refractivity contribution < 1.29 is 29.7 Å². The van der Waals surface area contributed by atoms with Gasteiger partial charge in [-0.3, -0.25) is 14.4 Å². The minimum absolute atomic E-state index is 0.234. The van der Waals surface area contributed by atoms with Gasteiger partial charge in [-0.25, -0.2) is 0 Å². The average molecular weight is 308 g/mol. The van der Waals surface area contributed by atoms with Gasteiger partial charge in [0.05, 0.1) is 11.1 Å². The van der Waals surface area contributed by atoms with Crippen LogP contribution in [0.25, 0.3) is 0 Å². The summed E-state index contributed by atoms with van der Waals surface area (Å²) in [5, 5.41) is 29.5. The Morgan fingerprint density at radius 2 is 1.45 bits per heavy atom. The Morgan fingerprint density at radius 3 is 1.82 bits per heavy atom. The van der Waals surface area contributed by atoms with Gasteiger partial charge in [0.2, 0.25) is 11.6 Å². The number of aliphatic hydroxyl groups excluding tert-OH is 2. The maximum atomic E-state index is 12.2. The van der Waals surface area contributed by atoms with E-state index in [0.717, 1.165) is 20.8 Å². The largest absolute Gasteiger partial charge is 0.508 e. The molecule has 0 radical (unpaired) electrons. The fraction of sp³-hybridized carbons (Fsp3) is 0.312. The summed E-state index contributed by atoms with van der Waals surface area (Å²) in [6, 6.07) is 0. The zero-order valence-corrected chi connectivity index (χ0v) is 13.1. The van der Waals surface area contributed by atoms with E-state index in [9.17, 15) is 29.7 Å². The number of Topliss-reactive ketones (excluding diaryl/α,β-unsaturated/α-hetero) is 3. The van der Waals surface area contributed by atoms with Crippen LogP contribution in [0.3, 0.4) is 0 Å². The summed E-state index contributed by atoms with van der Waals surface area (Å²) >= 11 is 0. The molecule has 0 aliphatic carbocycles. The Hall–Kier alpha value is -2.47. The van der Waals surface area contributed by atoms with Crippen LogP contribution in [0, 0.1) is 0 Å². The molecule has 6 nitrogen and oxygen atoms in total. The second-order valence-electron chi connectivity index (χ2n) is 4.89. The van der Waals surface area contributed by atoms with Gasteiger partial charge in [0.15, 0.2) is 11.4 Å². The van der Waals surface area contributed by atoms with Crippen LogP contribution in [0.2, 0.25) is 0 Å². The summed E-state index contributed by atoms with van der Waals surface area (Å²) < 4.78 is 0. The van der Waals surface area contributed by atoms with E-state index in [-0.39, 0.29) is 16.9 Å². The standard InChI is InChI=1S/C16H20O6/c1-7-12(18)9(3)13(19)10(4)15(21)16(6,22)14(20)8(2)11(5)17/h7,18-19,22H,2-3H2,1,4-6H3/b12-7+,13-10?. The Balaban J connectivity index is 5.75. The van der Waals surface area contributed by atoms with Crippen LogP contribution in [-0.4, -0.2) is 38.3 Å². The number of hydrogen-bond donors (Lipinski definition) is 3. The van der Waals surface area contributed by atoms with Crippen LogP contribution < -0.4 is 0 Å². The van der Waals surface area contributed by atoms with Gasteiger partial charge in [-0.05, 0) is 33.8 Å². The second kappa shape index (κ2) is 7.00. The lowest BCUT2D eigenvalue weighted by Gasteiger charge is -2.21. The van der Waals surface area contributed by atoms with Crippen molar-refractivity contribution in [1.29, 1.82) is 0 Å². The topological polar surface area (TPSA) is 112 Å². The van der Waals surface area contributed by atoms with Gasteiger partial charge >= 0.3 is 0 Å². The quantitative estimate of drug-likeness (QED) is 0.218. The molecule has 0 bridgehead atoms. The predicted octanol–water partition coefficient (Wildman–Crippen LogP) is 1.87. The fourth-order valence-electron chi connectivity index (χ4n) is 1.55. The van der Waals surface area contributed by atoms with Crippen molar-refractivity contribution in [2.45, 2.75) is 33.3 Å². The Kier molecular flexibility index (Phi) is 6.21. The molecular weight excluding hydrogens is 288 g/mol. The van der Waals surface area contributed by atoms with Gasteiger partial charge in [-0.2, -0.15) is 0 Å². The van der Waals surface area contributed by atoms with Crippen molar-refractivity contribution in [3.05, 3.63) is 47.5 Å². The third kappa shape index (κ3) is 3.79. The number of aliphatic hydroxyl groups is 3. The highest BCUT2D eigenvalue weighted by Crippen LogP contribution is 2.23. The minimum Gasteiger partial charge on any atom is -0.508 e. The van der Waals surface area contributed by atoms with E-state index in [1.54, 1.807) is 0 Å². The van der Waals surface area contributed by atoms with Gasteiger partial charge < -0.3 is 15.3 Å². The Morgan fingerprint density at radius 1 is 1.00 bits per heavy atom. The molecule has 22 heavy (non-hydrogen) atoms. The van der Waals surface area contributed by atoms with Crippen molar-refractivity contribution in [3.63, 3.8) is 0 Å². The van der Waals surface area contributed by atoms with Crippen LogP contribution in [0.5, 0.6) is 0 Å². The first-order valence-electron chi connectivity index (χ1n) is 6.36. The molecule has 1 atom stereocenters. The molecule has 0 spiro atoms. The fourth-order valence-corrected chi connectivity index (χ4v) is 1.55. The number of carbonyl (C=O) groups excluding carboxylic acids is 3. The molecule has 120 valence electrons.